The summed E-state index contributed by atoms with van der Waals surface area (Å²) in [7, 11) is 0. The first-order chi connectivity index (χ1) is 9.56. The third kappa shape index (κ3) is 2.54. The summed E-state index contributed by atoms with van der Waals surface area (Å²) in [6.07, 6.45) is 3.76. The lowest BCUT2D eigenvalue weighted by Crippen LogP contribution is -1.98. The van der Waals surface area contributed by atoms with Gasteiger partial charge in [0, 0.05) is 5.02 Å². The van der Waals surface area contributed by atoms with Crippen molar-refractivity contribution in [2.75, 3.05) is 0 Å². The number of fused-ring (bicyclic) bond motifs is 1. The number of aryl methyl sites for hydroxylation is 4. The van der Waals surface area contributed by atoms with Gasteiger partial charge in [-0.25, -0.2) is 0 Å². The van der Waals surface area contributed by atoms with Crippen LogP contribution in [0.5, 0.6) is 0 Å². The number of hydrogen-bond acceptors (Lipinski definition) is 0. The molecule has 0 heterocycles. The van der Waals surface area contributed by atoms with E-state index in [1.165, 1.54) is 47.1 Å². The molecule has 0 saturated heterocycles. The van der Waals surface area contributed by atoms with Crippen molar-refractivity contribution in [3.05, 3.63) is 68.7 Å². The molecular weight excluding hydrogens is 332 g/mol. The van der Waals surface area contributed by atoms with Gasteiger partial charge < -0.3 is 0 Å². The molecule has 1 aliphatic carbocycles. The van der Waals surface area contributed by atoms with Crippen LogP contribution in [0.15, 0.2) is 30.3 Å². The third-order valence-electron chi connectivity index (χ3n) is 4.24. The highest BCUT2D eigenvalue weighted by Gasteiger charge is 2.17. The van der Waals surface area contributed by atoms with Crippen LogP contribution in [0.1, 0.15) is 44.6 Å². The second-order valence-corrected chi connectivity index (χ2v) is 7.03. The predicted octanol–water partition coefficient (Wildman–Crippen LogP) is 5.93. The first-order valence-electron chi connectivity index (χ1n) is 7.08. The van der Waals surface area contributed by atoms with Gasteiger partial charge in [0.2, 0.25) is 0 Å². The Bertz CT molecular complexity index is 661. The summed E-state index contributed by atoms with van der Waals surface area (Å²) in [5, 5.41) is 0.847. The van der Waals surface area contributed by atoms with Crippen molar-refractivity contribution in [2.45, 2.75) is 37.9 Å². The van der Waals surface area contributed by atoms with Crippen molar-refractivity contribution >= 4 is 27.5 Å². The lowest BCUT2D eigenvalue weighted by Gasteiger charge is -2.16. The second kappa shape index (κ2) is 5.54. The zero-order valence-electron chi connectivity index (χ0n) is 11.8. The summed E-state index contributed by atoms with van der Waals surface area (Å²) in [6, 6.07) is 11.2. The molecule has 0 bridgehead atoms. The average molecular weight is 350 g/mol. The highest BCUT2D eigenvalue weighted by atomic mass is 79.9. The normalized spacial score (nSPS) is 15.2. The highest BCUT2D eigenvalue weighted by Crippen LogP contribution is 2.37. The van der Waals surface area contributed by atoms with Crippen molar-refractivity contribution in [3.8, 4) is 0 Å². The van der Waals surface area contributed by atoms with Gasteiger partial charge in [-0.05, 0) is 72.6 Å². The summed E-state index contributed by atoms with van der Waals surface area (Å²) in [4.78, 5) is 0.240. The number of rotatable bonds is 2. The molecule has 2 aromatic rings. The molecule has 0 radical (unpaired) electrons. The molecule has 0 aliphatic heterocycles. The average Bonchev–Trinajstić information content (AvgIpc) is 2.89. The lowest BCUT2D eigenvalue weighted by molar-refractivity contribution is 0.911. The van der Waals surface area contributed by atoms with Crippen molar-refractivity contribution in [3.63, 3.8) is 0 Å². The van der Waals surface area contributed by atoms with Gasteiger partial charge in [-0.2, -0.15) is 0 Å². The van der Waals surface area contributed by atoms with E-state index in [0.717, 1.165) is 10.6 Å². The fourth-order valence-corrected chi connectivity index (χ4v) is 4.00. The largest absolute Gasteiger partial charge is 0.0840 e. The number of alkyl halides is 1. The van der Waals surface area contributed by atoms with Crippen LogP contribution in [0, 0.1) is 13.8 Å². The number of halogens is 2. The Balaban J connectivity index is 2.00. The van der Waals surface area contributed by atoms with E-state index in [9.17, 15) is 0 Å². The minimum atomic E-state index is 0.240. The van der Waals surface area contributed by atoms with E-state index in [4.69, 9.17) is 11.6 Å². The Labute approximate surface area is 134 Å². The van der Waals surface area contributed by atoms with Crippen LogP contribution in [0.25, 0.3) is 0 Å². The van der Waals surface area contributed by atoms with Crippen LogP contribution in [0.3, 0.4) is 0 Å². The van der Waals surface area contributed by atoms with Gasteiger partial charge in [-0.1, -0.05) is 51.8 Å². The molecule has 2 heteroatoms. The van der Waals surface area contributed by atoms with Gasteiger partial charge >= 0.3 is 0 Å². The van der Waals surface area contributed by atoms with Crippen molar-refractivity contribution in [1.29, 1.82) is 0 Å². The Hall–Kier alpha value is -0.790. The maximum atomic E-state index is 6.20. The van der Waals surface area contributed by atoms with Crippen LogP contribution in [-0.2, 0) is 12.8 Å². The van der Waals surface area contributed by atoms with Crippen LogP contribution >= 0.6 is 27.5 Å². The van der Waals surface area contributed by atoms with Gasteiger partial charge in [-0.3, -0.25) is 0 Å². The molecule has 2 aromatic carbocycles. The van der Waals surface area contributed by atoms with Gasteiger partial charge in [-0.15, -0.1) is 0 Å². The molecule has 0 N–H and O–H groups in total. The Morgan fingerprint density at radius 3 is 2.55 bits per heavy atom. The molecule has 1 aliphatic rings. The van der Waals surface area contributed by atoms with E-state index in [2.05, 4.69) is 60.1 Å². The van der Waals surface area contributed by atoms with Crippen LogP contribution in [-0.4, -0.2) is 0 Å². The maximum absolute atomic E-state index is 6.20. The minimum absolute atomic E-state index is 0.240. The molecule has 3 rings (SSSR count). The number of hydrogen-bond donors (Lipinski definition) is 0. The van der Waals surface area contributed by atoms with Crippen molar-refractivity contribution in [2.24, 2.45) is 0 Å². The van der Waals surface area contributed by atoms with Crippen LogP contribution in [0.2, 0.25) is 5.02 Å². The molecule has 0 amide bonds. The van der Waals surface area contributed by atoms with E-state index < -0.39 is 0 Å². The van der Waals surface area contributed by atoms with E-state index in [1.807, 2.05) is 0 Å². The summed E-state index contributed by atoms with van der Waals surface area (Å²) < 4.78 is 0. The maximum Gasteiger partial charge on any atom is 0.0647 e. The third-order valence-corrected chi connectivity index (χ3v) is 5.66. The fraction of sp³-hybridized carbons (Fsp3) is 0.333. The quantitative estimate of drug-likeness (QED) is 0.589. The first-order valence-corrected chi connectivity index (χ1v) is 8.38. The summed E-state index contributed by atoms with van der Waals surface area (Å²) in [5.41, 5.74) is 8.08. The van der Waals surface area contributed by atoms with Crippen LogP contribution in [0.4, 0.5) is 0 Å². The Morgan fingerprint density at radius 2 is 1.75 bits per heavy atom. The van der Waals surface area contributed by atoms with E-state index in [0.29, 0.717) is 0 Å². The molecule has 0 saturated carbocycles. The van der Waals surface area contributed by atoms with Gasteiger partial charge in [0.05, 0.1) is 4.83 Å². The molecule has 20 heavy (non-hydrogen) atoms. The van der Waals surface area contributed by atoms with E-state index in [1.54, 1.807) is 0 Å². The van der Waals surface area contributed by atoms with E-state index in [-0.39, 0.29) is 4.83 Å². The Kier molecular flexibility index (Phi) is 3.92. The SMILES string of the molecule is Cc1cc(C(Br)c2ccc3c(c2)CCC3)c(C)cc1Cl. The second-order valence-electron chi connectivity index (χ2n) is 5.70. The topological polar surface area (TPSA) is 0 Å². The Morgan fingerprint density at radius 1 is 1.00 bits per heavy atom. The standard InChI is InChI=1S/C18H18BrCl/c1-11-9-17(20)12(2)8-16(11)18(19)15-7-6-13-4-3-5-14(13)10-15/h6-10,18H,3-5H2,1-2H3. The zero-order valence-corrected chi connectivity index (χ0v) is 14.2. The van der Waals surface area contributed by atoms with Gasteiger partial charge in [0.1, 0.15) is 0 Å². The molecule has 0 nitrogen and oxygen atoms in total. The molecule has 0 aromatic heterocycles. The molecule has 0 fully saturated rings. The van der Waals surface area contributed by atoms with Crippen LogP contribution < -0.4 is 0 Å². The fourth-order valence-electron chi connectivity index (χ4n) is 3.01. The molecule has 1 unspecified atom stereocenters. The monoisotopic (exact) mass is 348 g/mol. The minimum Gasteiger partial charge on any atom is -0.0840 e. The highest BCUT2D eigenvalue weighted by molar-refractivity contribution is 9.09. The molecule has 0 spiro atoms. The predicted molar refractivity (Wildman–Crippen MR) is 90.2 cm³/mol. The smallest absolute Gasteiger partial charge is 0.0647 e. The van der Waals surface area contributed by atoms with Crippen molar-refractivity contribution < 1.29 is 0 Å². The number of benzene rings is 2. The molecular formula is C18H18BrCl. The molecule has 104 valence electrons. The summed E-state index contributed by atoms with van der Waals surface area (Å²) in [6.45, 7) is 4.19. The summed E-state index contributed by atoms with van der Waals surface area (Å²) in [5.74, 6) is 0. The zero-order chi connectivity index (χ0) is 14.3. The molecule has 1 atom stereocenters. The van der Waals surface area contributed by atoms with E-state index >= 15 is 0 Å². The van der Waals surface area contributed by atoms with Gasteiger partial charge in [0.15, 0.2) is 0 Å². The van der Waals surface area contributed by atoms with Crippen molar-refractivity contribution in [1.82, 2.24) is 0 Å². The lowest BCUT2D eigenvalue weighted by atomic mass is 9.96. The first kappa shape index (κ1) is 14.2. The summed E-state index contributed by atoms with van der Waals surface area (Å²) >= 11 is 10.1. The van der Waals surface area contributed by atoms with Gasteiger partial charge in [0.25, 0.3) is 0 Å².